The molecule has 0 spiro atoms. The normalized spacial score (nSPS) is 11.8. The van der Waals surface area contributed by atoms with Gasteiger partial charge in [0.2, 0.25) is 0 Å². The third-order valence-corrected chi connectivity index (χ3v) is 4.65. The Morgan fingerprint density at radius 3 is 1.33 bits per heavy atom. The lowest BCUT2D eigenvalue weighted by Crippen LogP contribution is -1.87. The maximum atomic E-state index is 4.84. The number of benzene rings is 3. The Hall–Kier alpha value is -3.00. The van der Waals surface area contributed by atoms with Crippen molar-refractivity contribution < 1.29 is 0 Å². The first-order valence-electron chi connectivity index (χ1n) is 8.18. The van der Waals surface area contributed by atoms with E-state index < -0.39 is 0 Å². The third kappa shape index (κ3) is 2.04. The number of pyridine rings is 2. The minimum absolute atomic E-state index is 1.02. The van der Waals surface area contributed by atoms with Crippen LogP contribution in [-0.2, 0) is 0 Å². The summed E-state index contributed by atoms with van der Waals surface area (Å²) in [5, 5.41) is 4.63. The van der Waals surface area contributed by atoms with Crippen molar-refractivity contribution in [2.75, 3.05) is 0 Å². The van der Waals surface area contributed by atoms with Crippen LogP contribution in [-0.4, -0.2) is 9.97 Å². The van der Waals surface area contributed by atoms with Gasteiger partial charge in [-0.2, -0.15) is 0 Å². The number of hydrogen-bond donors (Lipinski definition) is 0. The maximum Gasteiger partial charge on any atom is 0.0717 e. The van der Waals surface area contributed by atoms with Crippen LogP contribution in [0.3, 0.4) is 0 Å². The van der Waals surface area contributed by atoms with E-state index >= 15 is 0 Å². The molecule has 0 aliphatic carbocycles. The van der Waals surface area contributed by atoms with Gasteiger partial charge in [-0.05, 0) is 62.4 Å². The molecule has 0 aliphatic rings. The monoisotopic (exact) mass is 308 g/mol. The summed E-state index contributed by atoms with van der Waals surface area (Å²) in [6.07, 6.45) is 0. The van der Waals surface area contributed by atoms with E-state index in [2.05, 4.69) is 74.5 Å². The summed E-state index contributed by atoms with van der Waals surface area (Å²) in [5.74, 6) is 0. The fourth-order valence-electron chi connectivity index (χ4n) is 3.41. The molecule has 0 aliphatic heterocycles. The average Bonchev–Trinajstić information content (AvgIpc) is 2.56. The highest BCUT2D eigenvalue weighted by molar-refractivity contribution is 6.03. The van der Waals surface area contributed by atoms with Crippen molar-refractivity contribution in [3.05, 3.63) is 71.8 Å². The molecule has 114 valence electrons. The van der Waals surface area contributed by atoms with Gasteiger partial charge < -0.3 is 0 Å². The second-order valence-electron chi connectivity index (χ2n) is 6.61. The largest absolute Gasteiger partial charge is 0.248 e. The third-order valence-electron chi connectivity index (χ3n) is 4.65. The number of rotatable bonds is 0. The summed E-state index contributed by atoms with van der Waals surface area (Å²) in [5.41, 5.74) is 6.63. The molecule has 0 saturated carbocycles. The van der Waals surface area contributed by atoms with Gasteiger partial charge in [-0.15, -0.1) is 0 Å². The Kier molecular flexibility index (Phi) is 2.66. The van der Waals surface area contributed by atoms with Crippen LogP contribution < -0.4 is 0 Å². The highest BCUT2D eigenvalue weighted by Gasteiger charge is 2.05. The number of aryl methyl sites for hydroxylation is 2. The lowest BCUT2D eigenvalue weighted by Gasteiger charge is -2.06. The van der Waals surface area contributed by atoms with Crippen molar-refractivity contribution in [3.8, 4) is 0 Å². The van der Waals surface area contributed by atoms with Crippen LogP contribution in [0.5, 0.6) is 0 Å². The van der Waals surface area contributed by atoms with E-state index in [4.69, 9.17) is 9.97 Å². The van der Waals surface area contributed by atoms with Gasteiger partial charge in [0.15, 0.2) is 0 Å². The summed E-state index contributed by atoms with van der Waals surface area (Å²) in [4.78, 5) is 9.68. The molecule has 2 heteroatoms. The summed E-state index contributed by atoms with van der Waals surface area (Å²) in [6, 6.07) is 21.5. The lowest BCUT2D eigenvalue weighted by atomic mass is 10.0. The van der Waals surface area contributed by atoms with Crippen molar-refractivity contribution in [2.24, 2.45) is 0 Å². The molecule has 0 unspecified atom stereocenters. The fourth-order valence-corrected chi connectivity index (χ4v) is 3.41. The molecule has 2 aromatic heterocycles. The van der Waals surface area contributed by atoms with Gasteiger partial charge in [0.1, 0.15) is 0 Å². The molecule has 0 fully saturated rings. The number of nitrogens with zero attached hydrogens (tertiary/aromatic N) is 2. The number of fused-ring (bicyclic) bond motifs is 4. The van der Waals surface area contributed by atoms with Crippen molar-refractivity contribution in [2.45, 2.75) is 13.8 Å². The SMILES string of the molecule is Cc1ccc2nc3cc4cc5cc(C)ccc5nc4cc3cc2c1. The zero-order valence-electron chi connectivity index (χ0n) is 13.7. The van der Waals surface area contributed by atoms with Gasteiger partial charge >= 0.3 is 0 Å². The van der Waals surface area contributed by atoms with Gasteiger partial charge in [0.05, 0.1) is 22.1 Å². The quantitative estimate of drug-likeness (QED) is 0.343. The van der Waals surface area contributed by atoms with E-state index in [1.165, 1.54) is 21.9 Å². The molecule has 24 heavy (non-hydrogen) atoms. The van der Waals surface area contributed by atoms with Crippen LogP contribution in [0.25, 0.3) is 43.6 Å². The molecule has 5 aromatic rings. The molecule has 0 atom stereocenters. The van der Waals surface area contributed by atoms with Gasteiger partial charge in [-0.3, -0.25) is 0 Å². The highest BCUT2D eigenvalue weighted by Crippen LogP contribution is 2.27. The molecule has 0 amide bonds. The van der Waals surface area contributed by atoms with E-state index in [1.54, 1.807) is 0 Å². The highest BCUT2D eigenvalue weighted by atomic mass is 14.7. The average molecular weight is 308 g/mol. The molecule has 2 heterocycles. The molecule has 2 nitrogen and oxygen atoms in total. The molecule has 0 radical (unpaired) electrons. The standard InChI is InChI=1S/C22H16N2/c1-13-3-5-19-15(7-13)9-17-11-22-18(12-21(17)23-19)10-16-8-14(2)4-6-20(16)24-22/h3-12H,1-2H3. The number of aromatic nitrogens is 2. The second-order valence-corrected chi connectivity index (χ2v) is 6.61. The number of hydrogen-bond acceptors (Lipinski definition) is 2. The van der Waals surface area contributed by atoms with Gasteiger partial charge in [0, 0.05) is 21.5 Å². The van der Waals surface area contributed by atoms with Crippen molar-refractivity contribution in [1.29, 1.82) is 0 Å². The minimum Gasteiger partial charge on any atom is -0.248 e. The van der Waals surface area contributed by atoms with Crippen LogP contribution in [0, 0.1) is 13.8 Å². The molecular weight excluding hydrogens is 292 g/mol. The second kappa shape index (κ2) is 4.75. The van der Waals surface area contributed by atoms with E-state index in [9.17, 15) is 0 Å². The zero-order chi connectivity index (χ0) is 16.3. The van der Waals surface area contributed by atoms with Crippen LogP contribution in [0.1, 0.15) is 11.1 Å². The lowest BCUT2D eigenvalue weighted by molar-refractivity contribution is 1.44. The summed E-state index contributed by atoms with van der Waals surface area (Å²) in [6.45, 7) is 4.22. The summed E-state index contributed by atoms with van der Waals surface area (Å²) < 4.78 is 0. The van der Waals surface area contributed by atoms with Crippen molar-refractivity contribution in [1.82, 2.24) is 9.97 Å². The van der Waals surface area contributed by atoms with Crippen molar-refractivity contribution in [3.63, 3.8) is 0 Å². The van der Waals surface area contributed by atoms with Crippen LogP contribution >= 0.6 is 0 Å². The smallest absolute Gasteiger partial charge is 0.0717 e. The van der Waals surface area contributed by atoms with Crippen LogP contribution in [0.15, 0.2) is 60.7 Å². The molecule has 5 rings (SSSR count). The molecule has 0 N–H and O–H groups in total. The van der Waals surface area contributed by atoms with Gasteiger partial charge in [0.25, 0.3) is 0 Å². The summed E-state index contributed by atoms with van der Waals surface area (Å²) >= 11 is 0. The van der Waals surface area contributed by atoms with Gasteiger partial charge in [-0.25, -0.2) is 9.97 Å². The van der Waals surface area contributed by atoms with Gasteiger partial charge in [-0.1, -0.05) is 23.3 Å². The Morgan fingerprint density at radius 2 is 0.875 bits per heavy atom. The molecule has 0 bridgehead atoms. The first-order chi connectivity index (χ1) is 11.7. The zero-order valence-corrected chi connectivity index (χ0v) is 13.7. The van der Waals surface area contributed by atoms with E-state index in [1.807, 2.05) is 0 Å². The minimum atomic E-state index is 1.02. The Labute approximate surface area is 139 Å². The van der Waals surface area contributed by atoms with E-state index in [-0.39, 0.29) is 0 Å². The van der Waals surface area contributed by atoms with E-state index in [0.29, 0.717) is 0 Å². The Balaban J connectivity index is 1.88. The first kappa shape index (κ1) is 13.4. The summed E-state index contributed by atoms with van der Waals surface area (Å²) in [7, 11) is 0. The Bertz CT molecular complexity index is 1170. The van der Waals surface area contributed by atoms with E-state index in [0.717, 1.165) is 32.8 Å². The predicted octanol–water partition coefficient (Wildman–Crippen LogP) is 5.71. The molecule has 0 saturated heterocycles. The topological polar surface area (TPSA) is 25.8 Å². The molecular formula is C22H16N2. The maximum absolute atomic E-state index is 4.84. The fraction of sp³-hybridized carbons (Fsp3) is 0.0909. The van der Waals surface area contributed by atoms with Crippen LogP contribution in [0.4, 0.5) is 0 Å². The Morgan fingerprint density at radius 1 is 0.458 bits per heavy atom. The van der Waals surface area contributed by atoms with Crippen molar-refractivity contribution >= 4 is 43.6 Å². The first-order valence-corrected chi connectivity index (χ1v) is 8.18. The van der Waals surface area contributed by atoms with Crippen LogP contribution in [0.2, 0.25) is 0 Å². The molecule has 3 aromatic carbocycles. The predicted molar refractivity (Wildman–Crippen MR) is 102 cm³/mol.